The summed E-state index contributed by atoms with van der Waals surface area (Å²) in [5, 5.41) is 13.6. The smallest absolute Gasteiger partial charge is 0.265 e. The molecule has 0 amide bonds. The minimum atomic E-state index is 0.333. The van der Waals surface area contributed by atoms with Gasteiger partial charge in [0.15, 0.2) is 5.65 Å². The van der Waals surface area contributed by atoms with Crippen LogP contribution in [-0.4, -0.2) is 30.9 Å². The number of hydrogen-bond donors (Lipinski definition) is 2. The van der Waals surface area contributed by atoms with Gasteiger partial charge in [0.05, 0.1) is 11.4 Å². The Kier molecular flexibility index (Phi) is 3.16. The third kappa shape index (κ3) is 2.48. The second kappa shape index (κ2) is 5.45. The molecule has 0 atom stereocenters. The van der Waals surface area contributed by atoms with E-state index in [0.29, 0.717) is 11.6 Å². The second-order valence-corrected chi connectivity index (χ2v) is 5.03. The van der Waals surface area contributed by atoms with Gasteiger partial charge in [0.2, 0.25) is 0 Å². The number of nitrogens with zero attached hydrogens (tertiary/aromatic N) is 5. The van der Waals surface area contributed by atoms with Gasteiger partial charge in [-0.3, -0.25) is 4.98 Å². The third-order valence-corrected chi connectivity index (χ3v) is 3.48. The van der Waals surface area contributed by atoms with Gasteiger partial charge in [-0.1, -0.05) is 24.3 Å². The van der Waals surface area contributed by atoms with E-state index in [1.165, 1.54) is 0 Å². The molecule has 0 saturated heterocycles. The van der Waals surface area contributed by atoms with Crippen molar-refractivity contribution in [2.75, 3.05) is 5.43 Å². The molecular weight excluding hydrogens is 290 g/mol. The second-order valence-electron chi connectivity index (χ2n) is 5.03. The molecule has 0 aliphatic carbocycles. The molecule has 4 aromatic rings. The summed E-state index contributed by atoms with van der Waals surface area (Å²) in [5.74, 6) is 0.333. The summed E-state index contributed by atoms with van der Waals surface area (Å²) in [6.45, 7) is 1.87. The summed E-state index contributed by atoms with van der Waals surface area (Å²) in [5.41, 5.74) is 6.76. The Labute approximate surface area is 131 Å². The van der Waals surface area contributed by atoms with Crippen molar-refractivity contribution in [1.82, 2.24) is 25.1 Å². The molecular formula is C16H13N7. The zero-order chi connectivity index (χ0) is 15.6. The highest BCUT2D eigenvalue weighted by Crippen LogP contribution is 2.21. The van der Waals surface area contributed by atoms with Gasteiger partial charge >= 0.3 is 0 Å². The van der Waals surface area contributed by atoms with Crippen molar-refractivity contribution in [3.63, 3.8) is 0 Å². The Morgan fingerprint density at radius 3 is 2.83 bits per heavy atom. The van der Waals surface area contributed by atoms with Crippen LogP contribution in [-0.2, 0) is 0 Å². The number of anilines is 1. The quantitative estimate of drug-likeness (QED) is 0.448. The standard InChI is InChI=1S/C16H13N7/c1-10(12-7-4-5-9-17-12)20-22-16-19-15-14(21-23-16)11-6-2-3-8-13(11)18-15/h2-9H,1H3,(H2,18,19,22,23)/b20-10+. The third-order valence-electron chi connectivity index (χ3n) is 3.48. The summed E-state index contributed by atoms with van der Waals surface area (Å²) in [7, 11) is 0. The van der Waals surface area contributed by atoms with Crippen LogP contribution in [0, 0.1) is 0 Å². The number of pyridine rings is 1. The van der Waals surface area contributed by atoms with E-state index in [1.54, 1.807) is 6.20 Å². The number of H-pyrrole nitrogens is 1. The number of hydrogen-bond acceptors (Lipinski definition) is 6. The predicted octanol–water partition coefficient (Wildman–Crippen LogP) is 2.74. The Hall–Kier alpha value is -3.35. The van der Waals surface area contributed by atoms with E-state index in [9.17, 15) is 0 Å². The van der Waals surface area contributed by atoms with Gasteiger partial charge < -0.3 is 4.98 Å². The molecule has 2 N–H and O–H groups in total. The minimum absolute atomic E-state index is 0.333. The molecule has 0 bridgehead atoms. The lowest BCUT2D eigenvalue weighted by Crippen LogP contribution is -2.04. The van der Waals surface area contributed by atoms with E-state index in [0.717, 1.165) is 27.8 Å². The molecule has 0 aliphatic heterocycles. The number of fused-ring (bicyclic) bond motifs is 3. The molecule has 23 heavy (non-hydrogen) atoms. The molecule has 0 unspecified atom stereocenters. The van der Waals surface area contributed by atoms with E-state index in [1.807, 2.05) is 49.4 Å². The molecule has 3 aromatic heterocycles. The van der Waals surface area contributed by atoms with E-state index < -0.39 is 0 Å². The number of nitrogens with one attached hydrogen (secondary N) is 2. The van der Waals surface area contributed by atoms with Gasteiger partial charge in [-0.15, -0.1) is 10.2 Å². The fourth-order valence-corrected chi connectivity index (χ4v) is 2.34. The number of benzene rings is 1. The Balaban J connectivity index is 1.66. The van der Waals surface area contributed by atoms with Gasteiger partial charge in [-0.05, 0) is 25.1 Å². The highest BCUT2D eigenvalue weighted by molar-refractivity contribution is 6.03. The van der Waals surface area contributed by atoms with Gasteiger partial charge in [0.25, 0.3) is 5.95 Å². The molecule has 7 heteroatoms. The fourth-order valence-electron chi connectivity index (χ4n) is 2.34. The molecule has 0 radical (unpaired) electrons. The highest BCUT2D eigenvalue weighted by atomic mass is 15.4. The van der Waals surface area contributed by atoms with Crippen molar-refractivity contribution in [2.24, 2.45) is 5.10 Å². The van der Waals surface area contributed by atoms with Crippen LogP contribution < -0.4 is 5.43 Å². The van der Waals surface area contributed by atoms with Crippen LogP contribution in [0.15, 0.2) is 53.8 Å². The maximum atomic E-state index is 4.41. The van der Waals surface area contributed by atoms with Crippen LogP contribution in [0.4, 0.5) is 5.95 Å². The van der Waals surface area contributed by atoms with E-state index >= 15 is 0 Å². The molecule has 1 aromatic carbocycles. The topological polar surface area (TPSA) is 91.7 Å². The van der Waals surface area contributed by atoms with Crippen LogP contribution in [0.1, 0.15) is 12.6 Å². The van der Waals surface area contributed by atoms with E-state index in [2.05, 4.69) is 35.7 Å². The maximum Gasteiger partial charge on any atom is 0.265 e. The normalized spacial score (nSPS) is 12.0. The summed E-state index contributed by atoms with van der Waals surface area (Å²) >= 11 is 0. The van der Waals surface area contributed by atoms with Gasteiger partial charge in [0, 0.05) is 17.1 Å². The van der Waals surface area contributed by atoms with Crippen molar-refractivity contribution < 1.29 is 0 Å². The summed E-state index contributed by atoms with van der Waals surface area (Å²) in [6.07, 6.45) is 1.73. The summed E-state index contributed by atoms with van der Waals surface area (Å²) < 4.78 is 0. The summed E-state index contributed by atoms with van der Waals surface area (Å²) in [6, 6.07) is 13.6. The molecule has 0 spiro atoms. The Morgan fingerprint density at radius 1 is 1.09 bits per heavy atom. The Bertz CT molecular complexity index is 1000. The molecule has 0 aliphatic rings. The SMILES string of the molecule is C/C(=N\Nc1nnc2c(n1)[nH]c1ccccc12)c1ccccn1. The number of para-hydroxylation sites is 1. The predicted molar refractivity (Wildman–Crippen MR) is 89.3 cm³/mol. The molecule has 0 saturated carbocycles. The van der Waals surface area contributed by atoms with Crippen LogP contribution in [0.3, 0.4) is 0 Å². The van der Waals surface area contributed by atoms with Crippen molar-refractivity contribution in [3.8, 4) is 0 Å². The number of rotatable bonds is 3. The molecule has 0 fully saturated rings. The van der Waals surface area contributed by atoms with Gasteiger partial charge in [-0.25, -0.2) is 5.43 Å². The average Bonchev–Trinajstić information content (AvgIpc) is 2.98. The Morgan fingerprint density at radius 2 is 1.96 bits per heavy atom. The minimum Gasteiger partial charge on any atom is -0.338 e. The van der Waals surface area contributed by atoms with Crippen LogP contribution >= 0.6 is 0 Å². The number of hydrazone groups is 1. The average molecular weight is 303 g/mol. The first-order valence-electron chi connectivity index (χ1n) is 7.14. The molecule has 112 valence electrons. The zero-order valence-corrected chi connectivity index (χ0v) is 12.4. The van der Waals surface area contributed by atoms with Gasteiger partial charge in [0.1, 0.15) is 5.52 Å². The maximum absolute atomic E-state index is 4.41. The van der Waals surface area contributed by atoms with Crippen molar-refractivity contribution >= 4 is 33.7 Å². The first-order valence-corrected chi connectivity index (χ1v) is 7.14. The molecule has 3 heterocycles. The first-order chi connectivity index (χ1) is 11.3. The first kappa shape index (κ1) is 13.3. The number of aromatic amines is 1. The number of aromatic nitrogens is 5. The molecule has 7 nitrogen and oxygen atoms in total. The lowest BCUT2D eigenvalue weighted by molar-refractivity contribution is 1.01. The zero-order valence-electron chi connectivity index (χ0n) is 12.4. The van der Waals surface area contributed by atoms with E-state index in [-0.39, 0.29) is 0 Å². The molecule has 4 rings (SSSR count). The van der Waals surface area contributed by atoms with Crippen LogP contribution in [0.5, 0.6) is 0 Å². The fraction of sp³-hybridized carbons (Fsp3) is 0.0625. The summed E-state index contributed by atoms with van der Waals surface area (Å²) in [4.78, 5) is 11.9. The van der Waals surface area contributed by atoms with Crippen molar-refractivity contribution in [1.29, 1.82) is 0 Å². The van der Waals surface area contributed by atoms with Crippen molar-refractivity contribution in [2.45, 2.75) is 6.92 Å². The largest absolute Gasteiger partial charge is 0.338 e. The van der Waals surface area contributed by atoms with Crippen molar-refractivity contribution in [3.05, 3.63) is 54.4 Å². The van der Waals surface area contributed by atoms with E-state index in [4.69, 9.17) is 0 Å². The lowest BCUT2D eigenvalue weighted by Gasteiger charge is -2.01. The van der Waals surface area contributed by atoms with Gasteiger partial charge in [-0.2, -0.15) is 10.1 Å². The highest BCUT2D eigenvalue weighted by Gasteiger charge is 2.08. The lowest BCUT2D eigenvalue weighted by atomic mass is 10.2. The van der Waals surface area contributed by atoms with Crippen LogP contribution in [0.2, 0.25) is 0 Å². The van der Waals surface area contributed by atoms with Crippen LogP contribution in [0.25, 0.3) is 22.1 Å². The monoisotopic (exact) mass is 303 g/mol.